The topological polar surface area (TPSA) is 56.0 Å². The molecule has 0 aliphatic carbocycles. The number of guanidine groups is 1. The fraction of sp³-hybridized carbons (Fsp3) is 0.762. The van der Waals surface area contributed by atoms with E-state index in [1.165, 1.54) is 12.8 Å². The molecule has 2 aliphatic rings. The van der Waals surface area contributed by atoms with Gasteiger partial charge >= 0.3 is 0 Å². The SMILES string of the molecule is CN=C(NCC(c1ccc(C)o1)N1CCCC1)NC1CN(C(C)C)CC1C. The second kappa shape index (κ2) is 9.11. The quantitative estimate of drug-likeness (QED) is 0.591. The van der Waals surface area contributed by atoms with Crippen LogP contribution in [-0.4, -0.2) is 67.6 Å². The van der Waals surface area contributed by atoms with Crippen LogP contribution in [0, 0.1) is 12.8 Å². The van der Waals surface area contributed by atoms with Crippen LogP contribution >= 0.6 is 0 Å². The number of furan rings is 1. The van der Waals surface area contributed by atoms with Gasteiger partial charge in [0.1, 0.15) is 11.5 Å². The highest BCUT2D eigenvalue weighted by atomic mass is 16.3. The molecule has 3 atom stereocenters. The lowest BCUT2D eigenvalue weighted by molar-refractivity contribution is 0.213. The van der Waals surface area contributed by atoms with Gasteiger partial charge in [0.2, 0.25) is 0 Å². The first-order valence-corrected chi connectivity index (χ1v) is 10.5. The van der Waals surface area contributed by atoms with Crippen molar-refractivity contribution in [3.8, 4) is 0 Å². The lowest BCUT2D eigenvalue weighted by Crippen LogP contribution is -2.48. The summed E-state index contributed by atoms with van der Waals surface area (Å²) in [6.45, 7) is 14.2. The summed E-state index contributed by atoms with van der Waals surface area (Å²) < 4.78 is 5.97. The zero-order chi connectivity index (χ0) is 19.4. The summed E-state index contributed by atoms with van der Waals surface area (Å²) in [6, 6.07) is 5.47. The van der Waals surface area contributed by atoms with Gasteiger partial charge in [-0.3, -0.25) is 14.8 Å². The van der Waals surface area contributed by atoms with E-state index in [0.29, 0.717) is 18.0 Å². The predicted octanol–water partition coefficient (Wildman–Crippen LogP) is 2.62. The fourth-order valence-corrected chi connectivity index (χ4v) is 4.27. The number of aliphatic imine (C=N–C) groups is 1. The second-order valence-electron chi connectivity index (χ2n) is 8.44. The third-order valence-electron chi connectivity index (χ3n) is 6.05. The molecule has 2 saturated heterocycles. The molecule has 6 heteroatoms. The number of hydrogen-bond acceptors (Lipinski definition) is 4. The van der Waals surface area contributed by atoms with Gasteiger partial charge in [0.15, 0.2) is 5.96 Å². The van der Waals surface area contributed by atoms with Gasteiger partial charge in [0, 0.05) is 38.8 Å². The van der Waals surface area contributed by atoms with Crippen molar-refractivity contribution in [2.75, 3.05) is 39.8 Å². The summed E-state index contributed by atoms with van der Waals surface area (Å²) in [6.07, 6.45) is 2.54. The van der Waals surface area contributed by atoms with E-state index in [0.717, 1.165) is 50.2 Å². The van der Waals surface area contributed by atoms with Crippen LogP contribution in [0.4, 0.5) is 0 Å². The van der Waals surface area contributed by atoms with E-state index >= 15 is 0 Å². The van der Waals surface area contributed by atoms with E-state index in [4.69, 9.17) is 4.42 Å². The van der Waals surface area contributed by atoms with Crippen molar-refractivity contribution in [3.05, 3.63) is 23.7 Å². The first kappa shape index (κ1) is 20.2. The summed E-state index contributed by atoms with van der Waals surface area (Å²) in [5, 5.41) is 7.22. The Balaban J connectivity index is 1.60. The number of likely N-dealkylation sites (tertiary alicyclic amines) is 2. The minimum Gasteiger partial charge on any atom is -0.465 e. The van der Waals surface area contributed by atoms with E-state index in [9.17, 15) is 0 Å². The van der Waals surface area contributed by atoms with E-state index in [1.54, 1.807) is 0 Å². The molecule has 152 valence electrons. The molecular formula is C21H37N5O. The summed E-state index contributed by atoms with van der Waals surface area (Å²) in [7, 11) is 1.86. The van der Waals surface area contributed by atoms with Crippen LogP contribution in [0.2, 0.25) is 0 Å². The molecule has 2 fully saturated rings. The van der Waals surface area contributed by atoms with Gasteiger partial charge in [-0.2, -0.15) is 0 Å². The zero-order valence-electron chi connectivity index (χ0n) is 17.7. The Morgan fingerprint density at radius 3 is 2.52 bits per heavy atom. The summed E-state index contributed by atoms with van der Waals surface area (Å²) in [5.74, 6) is 3.54. The van der Waals surface area contributed by atoms with Crippen molar-refractivity contribution in [3.63, 3.8) is 0 Å². The molecule has 2 N–H and O–H groups in total. The van der Waals surface area contributed by atoms with Gasteiger partial charge in [-0.25, -0.2) is 0 Å². The Bertz CT molecular complexity index is 620. The van der Waals surface area contributed by atoms with E-state index in [2.05, 4.69) is 58.3 Å². The standard InChI is InChI=1S/C21H37N5O/c1-15(2)26-13-16(3)18(14-26)24-21(22-5)23-12-19(25-10-6-7-11-25)20-9-8-17(4)27-20/h8-9,15-16,18-19H,6-7,10-14H2,1-5H3,(H2,22,23,24). The number of hydrogen-bond donors (Lipinski definition) is 2. The number of nitrogens with zero attached hydrogens (tertiary/aromatic N) is 3. The molecule has 0 spiro atoms. The molecule has 3 unspecified atom stereocenters. The molecule has 27 heavy (non-hydrogen) atoms. The average molecular weight is 376 g/mol. The zero-order valence-corrected chi connectivity index (χ0v) is 17.7. The molecular weight excluding hydrogens is 338 g/mol. The smallest absolute Gasteiger partial charge is 0.191 e. The van der Waals surface area contributed by atoms with Crippen molar-refractivity contribution in [1.82, 2.24) is 20.4 Å². The molecule has 3 rings (SSSR count). The maximum Gasteiger partial charge on any atom is 0.191 e. The molecule has 0 radical (unpaired) electrons. The number of rotatable bonds is 6. The normalized spacial score (nSPS) is 26.1. The Morgan fingerprint density at radius 2 is 1.96 bits per heavy atom. The average Bonchev–Trinajstić information content (AvgIpc) is 3.37. The summed E-state index contributed by atoms with van der Waals surface area (Å²) in [5.41, 5.74) is 0. The second-order valence-corrected chi connectivity index (χ2v) is 8.44. The van der Waals surface area contributed by atoms with Gasteiger partial charge in [-0.1, -0.05) is 6.92 Å². The molecule has 6 nitrogen and oxygen atoms in total. The third kappa shape index (κ3) is 5.05. The Labute approximate surface area is 164 Å². The molecule has 0 bridgehead atoms. The van der Waals surface area contributed by atoms with Gasteiger partial charge in [0.05, 0.1) is 6.04 Å². The highest BCUT2D eigenvalue weighted by Crippen LogP contribution is 2.26. The van der Waals surface area contributed by atoms with Crippen molar-refractivity contribution in [2.24, 2.45) is 10.9 Å². The lowest BCUT2D eigenvalue weighted by Gasteiger charge is -2.28. The summed E-state index contributed by atoms with van der Waals surface area (Å²) >= 11 is 0. The maximum atomic E-state index is 5.97. The van der Waals surface area contributed by atoms with E-state index < -0.39 is 0 Å². The monoisotopic (exact) mass is 375 g/mol. The van der Waals surface area contributed by atoms with Gasteiger partial charge < -0.3 is 15.1 Å². The van der Waals surface area contributed by atoms with Crippen LogP contribution in [0.1, 0.15) is 51.2 Å². The fourth-order valence-electron chi connectivity index (χ4n) is 4.27. The van der Waals surface area contributed by atoms with E-state index in [-0.39, 0.29) is 6.04 Å². The van der Waals surface area contributed by atoms with Crippen molar-refractivity contribution < 1.29 is 4.42 Å². The molecule has 0 amide bonds. The Kier molecular flexibility index (Phi) is 6.82. The highest BCUT2D eigenvalue weighted by molar-refractivity contribution is 5.80. The van der Waals surface area contributed by atoms with Crippen molar-refractivity contribution in [1.29, 1.82) is 0 Å². The van der Waals surface area contributed by atoms with Crippen LogP contribution in [0.25, 0.3) is 0 Å². The van der Waals surface area contributed by atoms with Crippen LogP contribution in [-0.2, 0) is 0 Å². The number of aryl methyl sites for hydroxylation is 1. The van der Waals surface area contributed by atoms with Gasteiger partial charge in [-0.15, -0.1) is 0 Å². The molecule has 0 aromatic carbocycles. The lowest BCUT2D eigenvalue weighted by atomic mass is 10.1. The molecule has 3 heterocycles. The van der Waals surface area contributed by atoms with Gasteiger partial charge in [-0.05, 0) is 64.8 Å². The molecule has 2 aliphatic heterocycles. The van der Waals surface area contributed by atoms with Crippen LogP contribution < -0.4 is 10.6 Å². The highest BCUT2D eigenvalue weighted by Gasteiger charge is 2.32. The first-order chi connectivity index (χ1) is 13.0. The van der Waals surface area contributed by atoms with E-state index in [1.807, 2.05) is 14.0 Å². The van der Waals surface area contributed by atoms with Crippen LogP contribution in [0.5, 0.6) is 0 Å². The molecule has 1 aromatic rings. The Morgan fingerprint density at radius 1 is 1.22 bits per heavy atom. The minimum absolute atomic E-state index is 0.257. The largest absolute Gasteiger partial charge is 0.465 e. The maximum absolute atomic E-state index is 5.97. The van der Waals surface area contributed by atoms with Crippen molar-refractivity contribution in [2.45, 2.75) is 58.7 Å². The summed E-state index contributed by atoms with van der Waals surface area (Å²) in [4.78, 5) is 9.54. The minimum atomic E-state index is 0.257. The van der Waals surface area contributed by atoms with Crippen LogP contribution in [0.15, 0.2) is 21.5 Å². The number of nitrogens with one attached hydrogen (secondary N) is 2. The molecule has 1 aromatic heterocycles. The predicted molar refractivity (Wildman–Crippen MR) is 111 cm³/mol. The molecule has 0 saturated carbocycles. The Hall–Kier alpha value is -1.53. The van der Waals surface area contributed by atoms with Gasteiger partial charge in [0.25, 0.3) is 0 Å². The third-order valence-corrected chi connectivity index (χ3v) is 6.05. The van der Waals surface area contributed by atoms with Crippen molar-refractivity contribution >= 4 is 5.96 Å². The first-order valence-electron chi connectivity index (χ1n) is 10.5. The van der Waals surface area contributed by atoms with Crippen LogP contribution in [0.3, 0.4) is 0 Å².